The van der Waals surface area contributed by atoms with Crippen molar-refractivity contribution in [3.8, 4) is 11.5 Å². The summed E-state index contributed by atoms with van der Waals surface area (Å²) in [6.45, 7) is 1.80. The molecule has 0 aliphatic carbocycles. The number of rotatable bonds is 6. The summed E-state index contributed by atoms with van der Waals surface area (Å²) in [5, 5.41) is 6.10. The molecule has 0 aliphatic rings. The molecule has 1 aromatic carbocycles. The molecule has 7 nitrogen and oxygen atoms in total. The van der Waals surface area contributed by atoms with Crippen LogP contribution in [0.4, 0.5) is 10.7 Å². The van der Waals surface area contributed by atoms with E-state index in [2.05, 4.69) is 10.6 Å². The fourth-order valence-corrected chi connectivity index (χ4v) is 3.40. The van der Waals surface area contributed by atoms with Crippen LogP contribution in [0.15, 0.2) is 47.1 Å². The van der Waals surface area contributed by atoms with Crippen LogP contribution in [0, 0.1) is 6.92 Å². The molecule has 0 spiro atoms. The number of ether oxygens (including phenoxy) is 2. The van der Waals surface area contributed by atoms with Gasteiger partial charge in [-0.3, -0.25) is 9.59 Å². The van der Waals surface area contributed by atoms with Crippen LogP contribution in [0.1, 0.15) is 25.8 Å². The van der Waals surface area contributed by atoms with Crippen LogP contribution in [-0.4, -0.2) is 26.0 Å². The van der Waals surface area contributed by atoms with Crippen molar-refractivity contribution in [3.05, 3.63) is 58.9 Å². The van der Waals surface area contributed by atoms with Gasteiger partial charge >= 0.3 is 0 Å². The fourth-order valence-electron chi connectivity index (χ4n) is 2.44. The van der Waals surface area contributed by atoms with E-state index in [0.29, 0.717) is 27.1 Å². The summed E-state index contributed by atoms with van der Waals surface area (Å²) in [6.07, 6.45) is 1.43. The summed E-state index contributed by atoms with van der Waals surface area (Å²) in [6, 6.07) is 10.1. The molecule has 0 aliphatic heterocycles. The smallest absolute Gasteiger partial charge is 0.291 e. The quantitative estimate of drug-likeness (QED) is 0.664. The lowest BCUT2D eigenvalue weighted by Crippen LogP contribution is -2.12. The minimum Gasteiger partial charge on any atom is -0.497 e. The molecule has 8 heteroatoms. The summed E-state index contributed by atoms with van der Waals surface area (Å²) in [4.78, 5) is 25.3. The fraction of sp³-hybridized carbons (Fsp3) is 0.158. The Balaban J connectivity index is 1.78. The highest BCUT2D eigenvalue weighted by atomic mass is 32.1. The minimum atomic E-state index is -0.373. The number of carbonyl (C=O) groups excluding carboxylic acids is 2. The van der Waals surface area contributed by atoms with Crippen LogP contribution in [0.25, 0.3) is 0 Å². The number of aryl methyl sites for hydroxylation is 1. The summed E-state index contributed by atoms with van der Waals surface area (Å²) in [7, 11) is 3.07. The number of furan rings is 1. The second-order valence-corrected chi connectivity index (χ2v) is 6.63. The lowest BCUT2D eigenvalue weighted by molar-refractivity contribution is 0.0995. The van der Waals surface area contributed by atoms with Gasteiger partial charge in [0.2, 0.25) is 0 Å². The highest BCUT2D eigenvalue weighted by Gasteiger charge is 2.18. The number of carbonyl (C=O) groups is 2. The number of anilines is 2. The molecule has 0 radical (unpaired) electrons. The third-order valence-electron chi connectivity index (χ3n) is 3.76. The standard InChI is InChI=1S/C19H18N2O5S/c1-11-9-16(21-18(22)15-5-4-8-26-15)27-17(11)19(23)20-13-10-12(24-2)6-7-14(13)25-3/h4-10H,1-3H3,(H,20,23)(H,21,22). The lowest BCUT2D eigenvalue weighted by atomic mass is 10.2. The number of thiophene rings is 1. The molecule has 0 saturated heterocycles. The van der Waals surface area contributed by atoms with E-state index >= 15 is 0 Å². The molecule has 2 aromatic heterocycles. The molecular formula is C19H18N2O5S. The van der Waals surface area contributed by atoms with Gasteiger partial charge in [-0.1, -0.05) is 0 Å². The molecule has 0 unspecified atom stereocenters. The van der Waals surface area contributed by atoms with Crippen molar-refractivity contribution in [2.75, 3.05) is 24.9 Å². The van der Waals surface area contributed by atoms with Crippen molar-refractivity contribution in [2.24, 2.45) is 0 Å². The molecular weight excluding hydrogens is 368 g/mol. The van der Waals surface area contributed by atoms with Gasteiger partial charge in [0.15, 0.2) is 5.76 Å². The maximum atomic E-state index is 12.7. The van der Waals surface area contributed by atoms with E-state index in [0.717, 1.165) is 5.56 Å². The first-order chi connectivity index (χ1) is 13.0. The molecule has 140 valence electrons. The number of methoxy groups -OCH3 is 2. The lowest BCUT2D eigenvalue weighted by Gasteiger charge is -2.11. The van der Waals surface area contributed by atoms with Crippen molar-refractivity contribution >= 4 is 33.8 Å². The minimum absolute atomic E-state index is 0.202. The summed E-state index contributed by atoms with van der Waals surface area (Å²) in [5.74, 6) is 0.642. The molecule has 0 saturated carbocycles. The van der Waals surface area contributed by atoms with E-state index < -0.39 is 0 Å². The highest BCUT2D eigenvalue weighted by molar-refractivity contribution is 7.18. The Morgan fingerprint density at radius 1 is 1.04 bits per heavy atom. The topological polar surface area (TPSA) is 89.8 Å². The molecule has 3 rings (SSSR count). The average molecular weight is 386 g/mol. The molecule has 0 atom stereocenters. The Morgan fingerprint density at radius 3 is 2.52 bits per heavy atom. The largest absolute Gasteiger partial charge is 0.497 e. The Kier molecular flexibility index (Phi) is 5.46. The van der Waals surface area contributed by atoms with Crippen LogP contribution < -0.4 is 20.1 Å². The second-order valence-electron chi connectivity index (χ2n) is 5.57. The summed E-state index contributed by atoms with van der Waals surface area (Å²) in [5.41, 5.74) is 1.24. The van der Waals surface area contributed by atoms with Crippen LogP contribution in [0.3, 0.4) is 0 Å². The first-order valence-electron chi connectivity index (χ1n) is 8.00. The Labute approximate surface area is 159 Å². The van der Waals surface area contributed by atoms with E-state index in [1.54, 1.807) is 50.4 Å². The summed E-state index contributed by atoms with van der Waals surface area (Å²) < 4.78 is 15.5. The number of amides is 2. The summed E-state index contributed by atoms with van der Waals surface area (Å²) >= 11 is 1.18. The molecule has 3 aromatic rings. The van der Waals surface area contributed by atoms with E-state index in [-0.39, 0.29) is 17.6 Å². The van der Waals surface area contributed by atoms with Crippen molar-refractivity contribution < 1.29 is 23.5 Å². The predicted molar refractivity (Wildman–Crippen MR) is 103 cm³/mol. The van der Waals surface area contributed by atoms with Gasteiger partial charge in [-0.2, -0.15) is 0 Å². The van der Waals surface area contributed by atoms with E-state index in [1.165, 1.54) is 24.7 Å². The van der Waals surface area contributed by atoms with Crippen LogP contribution in [0.5, 0.6) is 11.5 Å². The SMILES string of the molecule is COc1ccc(OC)c(NC(=O)c2sc(NC(=O)c3ccco3)cc2C)c1. The maximum Gasteiger partial charge on any atom is 0.291 e. The van der Waals surface area contributed by atoms with Gasteiger partial charge in [0.05, 0.1) is 36.0 Å². The highest BCUT2D eigenvalue weighted by Crippen LogP contribution is 2.32. The Hall–Kier alpha value is -3.26. The predicted octanol–water partition coefficient (Wildman–Crippen LogP) is 4.17. The van der Waals surface area contributed by atoms with Gasteiger partial charge in [0, 0.05) is 6.07 Å². The zero-order chi connectivity index (χ0) is 19.4. The number of hydrogen-bond acceptors (Lipinski definition) is 6. The van der Waals surface area contributed by atoms with Gasteiger partial charge in [0.1, 0.15) is 11.5 Å². The first kappa shape index (κ1) is 18.5. The second kappa shape index (κ2) is 7.96. The van der Waals surface area contributed by atoms with Crippen molar-refractivity contribution in [3.63, 3.8) is 0 Å². The van der Waals surface area contributed by atoms with Gasteiger partial charge in [-0.15, -0.1) is 11.3 Å². The average Bonchev–Trinajstić information content (AvgIpc) is 3.31. The van der Waals surface area contributed by atoms with Crippen LogP contribution >= 0.6 is 11.3 Å². The molecule has 2 heterocycles. The van der Waals surface area contributed by atoms with Crippen molar-refractivity contribution in [1.82, 2.24) is 0 Å². The molecule has 0 bridgehead atoms. The molecule has 0 fully saturated rings. The maximum absolute atomic E-state index is 12.7. The normalized spacial score (nSPS) is 10.3. The van der Waals surface area contributed by atoms with Crippen molar-refractivity contribution in [2.45, 2.75) is 6.92 Å². The van der Waals surface area contributed by atoms with E-state index in [9.17, 15) is 9.59 Å². The zero-order valence-electron chi connectivity index (χ0n) is 15.0. The van der Waals surface area contributed by atoms with Gasteiger partial charge in [-0.05, 0) is 42.8 Å². The van der Waals surface area contributed by atoms with Gasteiger partial charge in [-0.25, -0.2) is 0 Å². The number of benzene rings is 1. The van der Waals surface area contributed by atoms with Crippen LogP contribution in [0.2, 0.25) is 0 Å². The van der Waals surface area contributed by atoms with Crippen LogP contribution in [-0.2, 0) is 0 Å². The first-order valence-corrected chi connectivity index (χ1v) is 8.82. The van der Waals surface area contributed by atoms with Crippen molar-refractivity contribution in [1.29, 1.82) is 0 Å². The Morgan fingerprint density at radius 2 is 1.85 bits per heavy atom. The Bertz CT molecular complexity index is 963. The van der Waals surface area contributed by atoms with Gasteiger partial charge in [0.25, 0.3) is 11.8 Å². The monoisotopic (exact) mass is 386 g/mol. The number of hydrogen-bond donors (Lipinski definition) is 2. The molecule has 2 amide bonds. The molecule has 2 N–H and O–H groups in total. The third kappa shape index (κ3) is 4.12. The zero-order valence-corrected chi connectivity index (χ0v) is 15.8. The number of nitrogens with one attached hydrogen (secondary N) is 2. The van der Waals surface area contributed by atoms with E-state index in [4.69, 9.17) is 13.9 Å². The van der Waals surface area contributed by atoms with Gasteiger partial charge < -0.3 is 24.5 Å². The molecule has 27 heavy (non-hydrogen) atoms. The van der Waals surface area contributed by atoms with E-state index in [1.807, 2.05) is 0 Å². The third-order valence-corrected chi connectivity index (χ3v) is 4.91.